The monoisotopic (exact) mass is 247 g/mol. The molecule has 0 aromatic heterocycles. The highest BCUT2D eigenvalue weighted by Crippen LogP contribution is 2.41. The van der Waals surface area contributed by atoms with E-state index >= 15 is 0 Å². The topological polar surface area (TPSA) is 55.5 Å². The molecule has 0 saturated heterocycles. The van der Waals surface area contributed by atoms with Gasteiger partial charge in [-0.15, -0.1) is 0 Å². The number of aromatic hydroxyl groups is 1. The highest BCUT2D eigenvalue weighted by atomic mass is 19.4. The minimum atomic E-state index is -4.63. The lowest BCUT2D eigenvalue weighted by atomic mass is 10.1. The summed E-state index contributed by atoms with van der Waals surface area (Å²) in [5.41, 5.74) is 4.34. The van der Waals surface area contributed by atoms with Crippen molar-refractivity contribution in [3.05, 3.63) is 29.3 Å². The van der Waals surface area contributed by atoms with Crippen molar-refractivity contribution in [2.24, 2.45) is 5.73 Å². The third-order valence-electron chi connectivity index (χ3n) is 2.07. The van der Waals surface area contributed by atoms with Gasteiger partial charge in [0.05, 0.1) is 7.11 Å². The molecule has 1 rings (SSSR count). The highest BCUT2D eigenvalue weighted by molar-refractivity contribution is 5.59. The molecule has 0 amide bonds. The van der Waals surface area contributed by atoms with Crippen LogP contribution in [0.5, 0.6) is 11.5 Å². The SMILES string of the molecule is COc1cc(/C=C/CN)cc(C(F)(F)F)c1O. The van der Waals surface area contributed by atoms with E-state index in [9.17, 15) is 18.3 Å². The van der Waals surface area contributed by atoms with Crippen LogP contribution in [0.25, 0.3) is 6.08 Å². The van der Waals surface area contributed by atoms with Crippen LogP contribution in [-0.4, -0.2) is 18.8 Å². The maximum atomic E-state index is 12.6. The van der Waals surface area contributed by atoms with Crippen molar-refractivity contribution in [3.8, 4) is 11.5 Å². The Morgan fingerprint density at radius 1 is 1.41 bits per heavy atom. The summed E-state index contributed by atoms with van der Waals surface area (Å²) in [6.07, 6.45) is -1.70. The Morgan fingerprint density at radius 3 is 2.53 bits per heavy atom. The fourth-order valence-corrected chi connectivity index (χ4v) is 1.30. The van der Waals surface area contributed by atoms with Gasteiger partial charge in [0.15, 0.2) is 11.5 Å². The van der Waals surface area contributed by atoms with Gasteiger partial charge in [-0.3, -0.25) is 0 Å². The Hall–Kier alpha value is -1.69. The number of benzene rings is 1. The third-order valence-corrected chi connectivity index (χ3v) is 2.07. The molecule has 0 saturated carbocycles. The van der Waals surface area contributed by atoms with E-state index in [1.54, 1.807) is 0 Å². The van der Waals surface area contributed by atoms with Gasteiger partial charge in [-0.2, -0.15) is 13.2 Å². The van der Waals surface area contributed by atoms with Crippen LogP contribution in [0.3, 0.4) is 0 Å². The average Bonchev–Trinajstić information content (AvgIpc) is 2.26. The summed E-state index contributed by atoms with van der Waals surface area (Å²) < 4.78 is 42.5. The molecule has 3 nitrogen and oxygen atoms in total. The third kappa shape index (κ3) is 3.13. The van der Waals surface area contributed by atoms with Crippen molar-refractivity contribution in [2.75, 3.05) is 13.7 Å². The van der Waals surface area contributed by atoms with Crippen LogP contribution in [0.4, 0.5) is 13.2 Å². The first-order valence-corrected chi connectivity index (χ1v) is 4.75. The maximum Gasteiger partial charge on any atom is 0.420 e. The zero-order valence-corrected chi connectivity index (χ0v) is 9.08. The van der Waals surface area contributed by atoms with E-state index in [1.165, 1.54) is 25.3 Å². The maximum absolute atomic E-state index is 12.6. The summed E-state index contributed by atoms with van der Waals surface area (Å²) in [6, 6.07) is 2.14. The van der Waals surface area contributed by atoms with E-state index in [0.29, 0.717) is 0 Å². The van der Waals surface area contributed by atoms with E-state index in [1.807, 2.05) is 0 Å². The summed E-state index contributed by atoms with van der Waals surface area (Å²) in [6.45, 7) is 0.213. The number of methoxy groups -OCH3 is 1. The number of alkyl halides is 3. The van der Waals surface area contributed by atoms with Crippen LogP contribution in [0.15, 0.2) is 18.2 Å². The lowest BCUT2D eigenvalue weighted by molar-refractivity contribution is -0.138. The van der Waals surface area contributed by atoms with Crippen LogP contribution in [0.1, 0.15) is 11.1 Å². The van der Waals surface area contributed by atoms with Crippen molar-refractivity contribution in [3.63, 3.8) is 0 Å². The molecule has 0 aliphatic carbocycles. The largest absolute Gasteiger partial charge is 0.504 e. The molecular weight excluding hydrogens is 235 g/mol. The zero-order valence-electron chi connectivity index (χ0n) is 9.08. The van der Waals surface area contributed by atoms with Crippen LogP contribution >= 0.6 is 0 Å². The van der Waals surface area contributed by atoms with Gasteiger partial charge in [0.1, 0.15) is 5.56 Å². The lowest BCUT2D eigenvalue weighted by Gasteiger charge is -2.13. The van der Waals surface area contributed by atoms with Gasteiger partial charge in [-0.1, -0.05) is 12.2 Å². The first-order chi connectivity index (χ1) is 7.90. The van der Waals surface area contributed by atoms with Crippen LogP contribution < -0.4 is 10.5 Å². The first kappa shape index (κ1) is 13.4. The number of hydrogen-bond acceptors (Lipinski definition) is 3. The summed E-state index contributed by atoms with van der Waals surface area (Å²) in [7, 11) is 1.19. The van der Waals surface area contributed by atoms with Crippen LogP contribution in [0, 0.1) is 0 Å². The number of phenolic OH excluding ortho intramolecular Hbond substituents is 1. The van der Waals surface area contributed by atoms with Crippen LogP contribution in [-0.2, 0) is 6.18 Å². The summed E-state index contributed by atoms with van der Waals surface area (Å²) >= 11 is 0. The molecule has 1 aromatic carbocycles. The van der Waals surface area contributed by atoms with E-state index in [2.05, 4.69) is 4.74 Å². The van der Waals surface area contributed by atoms with E-state index in [-0.39, 0.29) is 17.9 Å². The standard InChI is InChI=1S/C11H12F3NO2/c1-17-9-6-7(3-2-4-15)5-8(10(9)16)11(12,13)14/h2-3,5-6,16H,4,15H2,1H3/b3-2+. The molecule has 3 N–H and O–H groups in total. The number of rotatable bonds is 3. The van der Waals surface area contributed by atoms with Crippen molar-refractivity contribution >= 4 is 6.08 Å². The minimum absolute atomic E-state index is 0.213. The molecule has 0 spiro atoms. The summed E-state index contributed by atoms with van der Waals surface area (Å²) in [5.74, 6) is -1.14. The molecule has 0 aliphatic rings. The highest BCUT2D eigenvalue weighted by Gasteiger charge is 2.35. The zero-order chi connectivity index (χ0) is 13.1. The second-order valence-electron chi connectivity index (χ2n) is 3.26. The Balaban J connectivity index is 3.34. The normalized spacial score (nSPS) is 12.1. The minimum Gasteiger partial charge on any atom is -0.504 e. The van der Waals surface area contributed by atoms with Gasteiger partial charge in [0.2, 0.25) is 0 Å². The van der Waals surface area contributed by atoms with E-state index < -0.39 is 17.5 Å². The quantitative estimate of drug-likeness (QED) is 0.862. The molecule has 0 bridgehead atoms. The summed E-state index contributed by atoms with van der Waals surface area (Å²) in [4.78, 5) is 0. The molecule has 6 heteroatoms. The number of ether oxygens (including phenoxy) is 1. The van der Waals surface area contributed by atoms with Crippen molar-refractivity contribution in [1.29, 1.82) is 0 Å². The molecule has 0 aliphatic heterocycles. The predicted octanol–water partition coefficient (Wildman–Crippen LogP) is 2.39. The average molecular weight is 247 g/mol. The molecule has 0 atom stereocenters. The van der Waals surface area contributed by atoms with E-state index in [4.69, 9.17) is 5.73 Å². The number of nitrogens with two attached hydrogens (primary N) is 1. The first-order valence-electron chi connectivity index (χ1n) is 4.75. The smallest absolute Gasteiger partial charge is 0.420 e. The van der Waals surface area contributed by atoms with Crippen molar-refractivity contribution < 1.29 is 23.0 Å². The molecular formula is C11H12F3NO2. The van der Waals surface area contributed by atoms with Crippen LogP contribution in [0.2, 0.25) is 0 Å². The Labute approximate surface area is 96.3 Å². The molecule has 0 heterocycles. The number of hydrogen-bond donors (Lipinski definition) is 2. The van der Waals surface area contributed by atoms with Gasteiger partial charge in [0.25, 0.3) is 0 Å². The molecule has 1 aromatic rings. The number of phenols is 1. The lowest BCUT2D eigenvalue weighted by Crippen LogP contribution is -2.06. The Bertz CT molecular complexity index is 427. The van der Waals surface area contributed by atoms with Gasteiger partial charge in [-0.05, 0) is 17.7 Å². The predicted molar refractivity (Wildman–Crippen MR) is 57.7 cm³/mol. The Kier molecular flexibility index (Phi) is 4.01. The van der Waals surface area contributed by atoms with Gasteiger partial charge in [-0.25, -0.2) is 0 Å². The second-order valence-corrected chi connectivity index (χ2v) is 3.26. The van der Waals surface area contributed by atoms with Crippen molar-refractivity contribution in [2.45, 2.75) is 6.18 Å². The molecule has 0 fully saturated rings. The second kappa shape index (κ2) is 5.09. The molecule has 0 radical (unpaired) electrons. The van der Waals surface area contributed by atoms with Gasteiger partial charge >= 0.3 is 6.18 Å². The molecule has 0 unspecified atom stereocenters. The summed E-state index contributed by atoms with van der Waals surface area (Å²) in [5, 5.41) is 9.38. The Morgan fingerprint density at radius 2 is 2.06 bits per heavy atom. The molecule has 94 valence electrons. The fraction of sp³-hybridized carbons (Fsp3) is 0.273. The molecule has 17 heavy (non-hydrogen) atoms. The fourth-order valence-electron chi connectivity index (χ4n) is 1.30. The number of halogens is 3. The van der Waals surface area contributed by atoms with E-state index in [0.717, 1.165) is 6.07 Å². The van der Waals surface area contributed by atoms with Gasteiger partial charge in [0, 0.05) is 6.54 Å². The van der Waals surface area contributed by atoms with Crippen molar-refractivity contribution in [1.82, 2.24) is 0 Å². The van der Waals surface area contributed by atoms with Gasteiger partial charge < -0.3 is 15.6 Å².